The first-order valence-corrected chi connectivity index (χ1v) is 12.5. The van der Waals surface area contributed by atoms with E-state index >= 15 is 0 Å². The van der Waals surface area contributed by atoms with Crippen molar-refractivity contribution in [3.63, 3.8) is 0 Å². The third-order valence-corrected chi connectivity index (χ3v) is 7.71. The molecule has 2 heterocycles. The van der Waals surface area contributed by atoms with Crippen molar-refractivity contribution in [3.05, 3.63) is 52.2 Å². The SMILES string of the molecule is COC(=O)c1c(NC(=O)CSc2nnc(COc3ccccc3)n2C)sc2c1CCC(C)C2. The molecule has 1 N–H and O–H groups in total. The van der Waals surface area contributed by atoms with Gasteiger partial charge in [0.2, 0.25) is 5.91 Å². The fourth-order valence-corrected chi connectivity index (χ4v) is 5.86. The van der Waals surface area contributed by atoms with Gasteiger partial charge in [0.05, 0.1) is 18.4 Å². The molecule has 0 saturated carbocycles. The summed E-state index contributed by atoms with van der Waals surface area (Å²) in [5.74, 6) is 1.52. The quantitative estimate of drug-likeness (QED) is 0.378. The highest BCUT2D eigenvalue weighted by molar-refractivity contribution is 7.99. The number of thiophene rings is 1. The number of para-hydroxylation sites is 1. The van der Waals surface area contributed by atoms with Gasteiger partial charge in [-0.3, -0.25) is 4.79 Å². The monoisotopic (exact) mass is 486 g/mol. The molecule has 1 amide bonds. The van der Waals surface area contributed by atoms with Gasteiger partial charge in [0.1, 0.15) is 17.4 Å². The van der Waals surface area contributed by atoms with E-state index in [-0.39, 0.29) is 18.3 Å². The van der Waals surface area contributed by atoms with Crippen LogP contribution in [0.4, 0.5) is 5.00 Å². The summed E-state index contributed by atoms with van der Waals surface area (Å²) in [6, 6.07) is 9.49. The number of methoxy groups -OCH3 is 1. The average molecular weight is 487 g/mol. The second-order valence-corrected chi connectivity index (χ2v) is 9.99. The standard InChI is InChI=1S/C23H26N4O4S2/c1-14-9-10-16-17(11-14)33-21(20(16)22(29)30-3)24-19(28)13-32-23-26-25-18(27(23)2)12-31-15-7-5-4-6-8-15/h4-8,14H,9-13H2,1-3H3,(H,24,28). The minimum absolute atomic E-state index is 0.144. The van der Waals surface area contributed by atoms with E-state index in [4.69, 9.17) is 9.47 Å². The van der Waals surface area contributed by atoms with Crippen LogP contribution < -0.4 is 10.1 Å². The highest BCUT2D eigenvalue weighted by atomic mass is 32.2. The lowest BCUT2D eigenvalue weighted by Crippen LogP contribution is -2.17. The summed E-state index contributed by atoms with van der Waals surface area (Å²) in [6.45, 7) is 2.48. The van der Waals surface area contributed by atoms with Crippen molar-refractivity contribution in [3.8, 4) is 5.75 Å². The van der Waals surface area contributed by atoms with Gasteiger partial charge < -0.3 is 19.4 Å². The molecule has 1 unspecified atom stereocenters. The smallest absolute Gasteiger partial charge is 0.341 e. The fraction of sp³-hybridized carbons (Fsp3) is 0.391. The lowest BCUT2D eigenvalue weighted by Gasteiger charge is -2.18. The number of ether oxygens (including phenoxy) is 2. The van der Waals surface area contributed by atoms with Crippen LogP contribution in [0.15, 0.2) is 35.5 Å². The van der Waals surface area contributed by atoms with Gasteiger partial charge in [-0.05, 0) is 42.9 Å². The van der Waals surface area contributed by atoms with E-state index in [1.165, 1.54) is 30.2 Å². The molecule has 33 heavy (non-hydrogen) atoms. The predicted molar refractivity (Wildman–Crippen MR) is 128 cm³/mol. The number of rotatable bonds is 8. The highest BCUT2D eigenvalue weighted by Gasteiger charge is 2.29. The van der Waals surface area contributed by atoms with E-state index in [0.717, 1.165) is 35.5 Å². The number of hydrogen-bond acceptors (Lipinski definition) is 8. The summed E-state index contributed by atoms with van der Waals surface area (Å²) in [5.41, 5.74) is 1.52. The van der Waals surface area contributed by atoms with E-state index in [1.807, 2.05) is 41.9 Å². The van der Waals surface area contributed by atoms with Gasteiger partial charge in [0, 0.05) is 11.9 Å². The summed E-state index contributed by atoms with van der Waals surface area (Å²) in [6.07, 6.45) is 2.77. The molecule has 1 aromatic carbocycles. The summed E-state index contributed by atoms with van der Waals surface area (Å²) < 4.78 is 12.5. The molecule has 2 aromatic heterocycles. The summed E-state index contributed by atoms with van der Waals surface area (Å²) in [7, 11) is 3.21. The van der Waals surface area contributed by atoms with Crippen LogP contribution in [0.25, 0.3) is 0 Å². The van der Waals surface area contributed by atoms with Crippen LogP contribution in [-0.4, -0.2) is 39.5 Å². The zero-order valence-corrected chi connectivity index (χ0v) is 20.4. The Hall–Kier alpha value is -2.85. The van der Waals surface area contributed by atoms with Crippen molar-refractivity contribution >= 4 is 40.0 Å². The number of nitrogens with one attached hydrogen (secondary N) is 1. The second kappa shape index (κ2) is 10.4. The molecule has 0 spiro atoms. The molecule has 3 aromatic rings. The number of nitrogens with zero attached hydrogens (tertiary/aromatic N) is 3. The number of aromatic nitrogens is 3. The van der Waals surface area contributed by atoms with Crippen LogP contribution in [0.2, 0.25) is 0 Å². The number of anilines is 1. The van der Waals surface area contributed by atoms with Crippen LogP contribution >= 0.6 is 23.1 Å². The van der Waals surface area contributed by atoms with Crippen molar-refractivity contribution in [2.45, 2.75) is 37.9 Å². The van der Waals surface area contributed by atoms with Gasteiger partial charge in [0.15, 0.2) is 11.0 Å². The normalized spacial score (nSPS) is 15.1. The van der Waals surface area contributed by atoms with Gasteiger partial charge in [-0.25, -0.2) is 4.79 Å². The molecule has 1 aliphatic rings. The molecule has 0 radical (unpaired) electrons. The maximum Gasteiger partial charge on any atom is 0.341 e. The summed E-state index contributed by atoms with van der Waals surface area (Å²) in [5, 5.41) is 12.4. The van der Waals surface area contributed by atoms with Gasteiger partial charge in [-0.15, -0.1) is 21.5 Å². The molecule has 10 heteroatoms. The zero-order valence-electron chi connectivity index (χ0n) is 18.8. The number of thioether (sulfide) groups is 1. The number of carbonyl (C=O) groups excluding carboxylic acids is 2. The van der Waals surface area contributed by atoms with Gasteiger partial charge in [-0.1, -0.05) is 36.9 Å². The maximum atomic E-state index is 12.7. The Labute approximate surface area is 200 Å². The molecule has 1 aliphatic carbocycles. The fourth-order valence-electron chi connectivity index (χ4n) is 3.71. The van der Waals surface area contributed by atoms with Crippen molar-refractivity contribution < 1.29 is 19.1 Å². The minimum atomic E-state index is -0.402. The Bertz CT molecular complexity index is 1140. The first-order chi connectivity index (χ1) is 16.0. The molecule has 0 saturated heterocycles. The Morgan fingerprint density at radius 3 is 2.82 bits per heavy atom. The number of fused-ring (bicyclic) bond motifs is 1. The first-order valence-electron chi connectivity index (χ1n) is 10.7. The third kappa shape index (κ3) is 5.39. The van der Waals surface area contributed by atoms with Crippen molar-refractivity contribution in [1.29, 1.82) is 0 Å². The maximum absolute atomic E-state index is 12.7. The van der Waals surface area contributed by atoms with E-state index < -0.39 is 5.97 Å². The molecular formula is C23H26N4O4S2. The Kier molecular flexibility index (Phi) is 7.34. The summed E-state index contributed by atoms with van der Waals surface area (Å²) in [4.78, 5) is 26.3. The van der Waals surface area contributed by atoms with Gasteiger partial charge >= 0.3 is 5.97 Å². The number of benzene rings is 1. The highest BCUT2D eigenvalue weighted by Crippen LogP contribution is 2.40. The molecule has 174 valence electrons. The van der Waals surface area contributed by atoms with Crippen LogP contribution in [0, 0.1) is 5.92 Å². The number of amides is 1. The minimum Gasteiger partial charge on any atom is -0.486 e. The molecule has 8 nitrogen and oxygen atoms in total. The van der Waals surface area contributed by atoms with Crippen LogP contribution in [0.3, 0.4) is 0 Å². The van der Waals surface area contributed by atoms with Gasteiger partial charge in [-0.2, -0.15) is 0 Å². The number of carbonyl (C=O) groups is 2. The van der Waals surface area contributed by atoms with Crippen LogP contribution in [0.5, 0.6) is 5.75 Å². The molecule has 0 aliphatic heterocycles. The third-order valence-electron chi connectivity index (χ3n) is 5.52. The van der Waals surface area contributed by atoms with Crippen molar-refractivity contribution in [1.82, 2.24) is 14.8 Å². The molecule has 4 rings (SSSR count). The largest absolute Gasteiger partial charge is 0.486 e. The van der Waals surface area contributed by atoms with E-state index in [1.54, 1.807) is 0 Å². The van der Waals surface area contributed by atoms with Crippen LogP contribution in [-0.2, 0) is 36.0 Å². The van der Waals surface area contributed by atoms with E-state index in [0.29, 0.717) is 27.5 Å². The number of hydrogen-bond donors (Lipinski definition) is 1. The topological polar surface area (TPSA) is 95.3 Å². The zero-order chi connectivity index (χ0) is 23.4. The van der Waals surface area contributed by atoms with Crippen LogP contribution in [0.1, 0.15) is 40.0 Å². The van der Waals surface area contributed by atoms with Gasteiger partial charge in [0.25, 0.3) is 0 Å². The van der Waals surface area contributed by atoms with Crippen molar-refractivity contribution in [2.75, 3.05) is 18.2 Å². The Morgan fingerprint density at radius 2 is 2.06 bits per heavy atom. The molecule has 1 atom stereocenters. The molecule has 0 fully saturated rings. The first kappa shape index (κ1) is 23.3. The number of esters is 1. The summed E-state index contributed by atoms with van der Waals surface area (Å²) >= 11 is 2.76. The van der Waals surface area contributed by atoms with E-state index in [9.17, 15) is 9.59 Å². The van der Waals surface area contributed by atoms with E-state index in [2.05, 4.69) is 22.4 Å². The Balaban J connectivity index is 1.38. The molecule has 0 bridgehead atoms. The molecular weight excluding hydrogens is 460 g/mol. The Morgan fingerprint density at radius 1 is 1.27 bits per heavy atom. The second-order valence-electron chi connectivity index (χ2n) is 7.94. The predicted octanol–water partition coefficient (Wildman–Crippen LogP) is 4.10. The average Bonchev–Trinajstić information content (AvgIpc) is 3.35. The van der Waals surface area contributed by atoms with Crippen molar-refractivity contribution in [2.24, 2.45) is 13.0 Å². The lowest BCUT2D eigenvalue weighted by molar-refractivity contribution is -0.113. The lowest BCUT2D eigenvalue weighted by atomic mass is 9.88.